The molecule has 4 aromatic rings. The highest BCUT2D eigenvalue weighted by atomic mass is 32.2. The highest BCUT2D eigenvalue weighted by Gasteiger charge is 2.19. The lowest BCUT2D eigenvalue weighted by Gasteiger charge is -2.12. The maximum atomic E-state index is 14.7. The molecule has 1 aromatic heterocycles. The van der Waals surface area contributed by atoms with Gasteiger partial charge in [0.1, 0.15) is 11.6 Å². The number of carbonyl (C=O) groups is 1. The minimum absolute atomic E-state index is 0.0205. The van der Waals surface area contributed by atoms with Crippen LogP contribution in [0, 0.1) is 17.1 Å². The first-order chi connectivity index (χ1) is 16.6. The molecule has 34 heavy (non-hydrogen) atoms. The van der Waals surface area contributed by atoms with Crippen molar-refractivity contribution >= 4 is 23.4 Å². The van der Waals surface area contributed by atoms with Gasteiger partial charge in [0.05, 0.1) is 29.7 Å². The molecule has 0 aliphatic rings. The van der Waals surface area contributed by atoms with E-state index >= 15 is 0 Å². The smallest absolute Gasteiger partial charge is 0.234 e. The average Bonchev–Trinajstić information content (AvgIpc) is 3.27. The molecule has 0 saturated heterocycles. The topological polar surface area (TPSA) is 92.8 Å². The third-order valence-electron chi connectivity index (χ3n) is 4.76. The van der Waals surface area contributed by atoms with E-state index in [9.17, 15) is 9.18 Å². The molecule has 170 valence electrons. The third kappa shape index (κ3) is 5.24. The van der Waals surface area contributed by atoms with E-state index in [0.29, 0.717) is 28.8 Å². The van der Waals surface area contributed by atoms with Crippen LogP contribution in [0.2, 0.25) is 0 Å². The van der Waals surface area contributed by atoms with Crippen molar-refractivity contribution in [2.75, 3.05) is 17.7 Å². The van der Waals surface area contributed by atoms with Crippen molar-refractivity contribution in [3.63, 3.8) is 0 Å². The fraction of sp³-hybridized carbons (Fsp3) is 0.120. The number of carbonyl (C=O) groups excluding carboxylic acids is 1. The van der Waals surface area contributed by atoms with Gasteiger partial charge in [0.25, 0.3) is 0 Å². The zero-order valence-electron chi connectivity index (χ0n) is 18.2. The van der Waals surface area contributed by atoms with Crippen LogP contribution >= 0.6 is 11.8 Å². The molecule has 0 radical (unpaired) electrons. The number of para-hydroxylation sites is 1. The van der Waals surface area contributed by atoms with Crippen molar-refractivity contribution in [3.05, 3.63) is 84.2 Å². The van der Waals surface area contributed by atoms with Crippen molar-refractivity contribution in [3.8, 4) is 28.9 Å². The SMILES string of the molecule is CCOc1ccc(-c2nnc(SCC(=O)Nc3cccc(C#N)c3)n2-c2ccccc2F)cc1. The number of rotatable bonds is 8. The summed E-state index contributed by atoms with van der Waals surface area (Å²) in [6.07, 6.45) is 0. The minimum atomic E-state index is -0.436. The van der Waals surface area contributed by atoms with Crippen molar-refractivity contribution in [2.24, 2.45) is 0 Å². The molecular weight excluding hydrogens is 453 g/mol. The van der Waals surface area contributed by atoms with Gasteiger partial charge < -0.3 is 10.1 Å². The Hall–Kier alpha value is -4.16. The number of hydrogen-bond acceptors (Lipinski definition) is 6. The predicted octanol–water partition coefficient (Wildman–Crippen LogP) is 5.07. The van der Waals surface area contributed by atoms with Gasteiger partial charge in [0.2, 0.25) is 5.91 Å². The molecule has 0 saturated carbocycles. The summed E-state index contributed by atoms with van der Waals surface area (Å²) < 4.78 is 21.8. The van der Waals surface area contributed by atoms with E-state index in [1.807, 2.05) is 37.3 Å². The number of anilines is 1. The van der Waals surface area contributed by atoms with Gasteiger partial charge in [0.15, 0.2) is 11.0 Å². The molecular formula is C25H20FN5O2S. The highest BCUT2D eigenvalue weighted by molar-refractivity contribution is 7.99. The highest BCUT2D eigenvalue weighted by Crippen LogP contribution is 2.30. The normalized spacial score (nSPS) is 10.5. The molecule has 0 spiro atoms. The van der Waals surface area contributed by atoms with E-state index in [1.54, 1.807) is 47.0 Å². The second-order valence-corrected chi connectivity index (χ2v) is 8.02. The van der Waals surface area contributed by atoms with Crippen LogP contribution < -0.4 is 10.1 Å². The van der Waals surface area contributed by atoms with Gasteiger partial charge in [-0.3, -0.25) is 9.36 Å². The molecule has 1 heterocycles. The van der Waals surface area contributed by atoms with Gasteiger partial charge >= 0.3 is 0 Å². The molecule has 0 aliphatic carbocycles. The largest absolute Gasteiger partial charge is 0.494 e. The summed E-state index contributed by atoms with van der Waals surface area (Å²) in [4.78, 5) is 12.5. The minimum Gasteiger partial charge on any atom is -0.494 e. The molecule has 0 aliphatic heterocycles. The number of thioether (sulfide) groups is 1. The molecule has 1 N–H and O–H groups in total. The summed E-state index contributed by atoms with van der Waals surface area (Å²) in [5.41, 5.74) is 1.98. The monoisotopic (exact) mass is 473 g/mol. The number of ether oxygens (including phenoxy) is 1. The summed E-state index contributed by atoms with van der Waals surface area (Å²) in [7, 11) is 0. The Bertz CT molecular complexity index is 1350. The van der Waals surface area contributed by atoms with E-state index in [2.05, 4.69) is 15.5 Å². The number of nitrogens with zero attached hydrogens (tertiary/aromatic N) is 4. The molecule has 4 rings (SSSR count). The van der Waals surface area contributed by atoms with Crippen LogP contribution in [-0.4, -0.2) is 33.0 Å². The Balaban J connectivity index is 1.60. The zero-order valence-corrected chi connectivity index (χ0v) is 19.1. The van der Waals surface area contributed by atoms with Gasteiger partial charge in [-0.2, -0.15) is 5.26 Å². The fourth-order valence-corrected chi connectivity index (χ4v) is 4.01. The van der Waals surface area contributed by atoms with Gasteiger partial charge in [0, 0.05) is 11.3 Å². The van der Waals surface area contributed by atoms with Crippen LogP contribution in [0.15, 0.2) is 78.0 Å². The number of amides is 1. The number of halogens is 1. The molecule has 0 atom stereocenters. The van der Waals surface area contributed by atoms with E-state index < -0.39 is 5.82 Å². The lowest BCUT2D eigenvalue weighted by Crippen LogP contribution is -2.14. The Kier molecular flexibility index (Phi) is 7.20. The Labute approximate surface area is 200 Å². The molecule has 9 heteroatoms. The van der Waals surface area contributed by atoms with Crippen molar-refractivity contribution < 1.29 is 13.9 Å². The summed E-state index contributed by atoms with van der Waals surface area (Å²) in [6, 6.07) is 22.3. The number of aromatic nitrogens is 3. The van der Waals surface area contributed by atoms with Crippen LogP contribution in [0.1, 0.15) is 12.5 Å². The number of hydrogen-bond donors (Lipinski definition) is 1. The number of nitriles is 1. The van der Waals surface area contributed by atoms with Crippen LogP contribution in [0.5, 0.6) is 5.75 Å². The van der Waals surface area contributed by atoms with Crippen molar-refractivity contribution in [1.29, 1.82) is 5.26 Å². The van der Waals surface area contributed by atoms with Crippen LogP contribution in [-0.2, 0) is 4.79 Å². The lowest BCUT2D eigenvalue weighted by molar-refractivity contribution is -0.113. The molecule has 0 fully saturated rings. The second-order valence-electron chi connectivity index (χ2n) is 7.08. The first kappa shape index (κ1) is 23.0. The standard InChI is InChI=1S/C25H20FN5O2S/c1-2-33-20-12-10-18(11-13-20)24-29-30-25(31(24)22-9-4-3-8-21(22)26)34-16-23(32)28-19-7-5-6-17(14-19)15-27/h3-14H,2,16H2,1H3,(H,28,32). The van der Waals surface area contributed by atoms with Crippen LogP contribution in [0.3, 0.4) is 0 Å². The summed E-state index contributed by atoms with van der Waals surface area (Å²) in [5, 5.41) is 20.7. The van der Waals surface area contributed by atoms with E-state index in [-0.39, 0.29) is 17.3 Å². The van der Waals surface area contributed by atoms with Crippen molar-refractivity contribution in [2.45, 2.75) is 12.1 Å². The van der Waals surface area contributed by atoms with E-state index in [0.717, 1.165) is 23.1 Å². The van der Waals surface area contributed by atoms with Crippen molar-refractivity contribution in [1.82, 2.24) is 14.8 Å². The summed E-state index contributed by atoms with van der Waals surface area (Å²) in [5.74, 6) is 0.458. The molecule has 0 bridgehead atoms. The summed E-state index contributed by atoms with van der Waals surface area (Å²) in [6.45, 7) is 2.46. The first-order valence-corrected chi connectivity index (χ1v) is 11.4. The Morgan fingerprint density at radius 1 is 1.12 bits per heavy atom. The molecule has 3 aromatic carbocycles. The second kappa shape index (κ2) is 10.6. The third-order valence-corrected chi connectivity index (χ3v) is 5.69. The Morgan fingerprint density at radius 3 is 2.65 bits per heavy atom. The maximum absolute atomic E-state index is 14.7. The zero-order chi connectivity index (χ0) is 23.9. The maximum Gasteiger partial charge on any atom is 0.234 e. The molecule has 1 amide bonds. The van der Waals surface area contributed by atoms with Gasteiger partial charge in [-0.15, -0.1) is 10.2 Å². The van der Waals surface area contributed by atoms with Crippen LogP contribution in [0.4, 0.5) is 10.1 Å². The first-order valence-electron chi connectivity index (χ1n) is 10.5. The van der Waals surface area contributed by atoms with E-state index in [1.165, 1.54) is 6.07 Å². The quantitative estimate of drug-likeness (QED) is 0.359. The lowest BCUT2D eigenvalue weighted by atomic mass is 10.2. The molecule has 0 unspecified atom stereocenters. The van der Waals surface area contributed by atoms with Gasteiger partial charge in [-0.1, -0.05) is 30.0 Å². The molecule has 7 nitrogen and oxygen atoms in total. The van der Waals surface area contributed by atoms with Gasteiger partial charge in [-0.05, 0) is 61.5 Å². The Morgan fingerprint density at radius 2 is 1.91 bits per heavy atom. The summed E-state index contributed by atoms with van der Waals surface area (Å²) >= 11 is 1.14. The average molecular weight is 474 g/mol. The number of nitrogens with one attached hydrogen (secondary N) is 1. The predicted molar refractivity (Wildman–Crippen MR) is 128 cm³/mol. The fourth-order valence-electron chi connectivity index (χ4n) is 3.26. The number of benzene rings is 3. The van der Waals surface area contributed by atoms with Crippen LogP contribution in [0.25, 0.3) is 17.1 Å². The van der Waals surface area contributed by atoms with E-state index in [4.69, 9.17) is 10.00 Å². The van der Waals surface area contributed by atoms with Gasteiger partial charge in [-0.25, -0.2) is 4.39 Å².